The van der Waals surface area contributed by atoms with E-state index in [9.17, 15) is 0 Å². The van der Waals surface area contributed by atoms with Gasteiger partial charge in [0.1, 0.15) is 0 Å². The highest BCUT2D eigenvalue weighted by atomic mass is 14.0. The predicted molar refractivity (Wildman–Crippen MR) is 97.9 cm³/mol. The maximum atomic E-state index is 3.88. The minimum absolute atomic E-state index is 1.24. The maximum Gasteiger partial charge on any atom is -0.0244 e. The molecular formula is C21H40. The van der Waals surface area contributed by atoms with E-state index in [-0.39, 0.29) is 0 Å². The molecule has 21 heavy (non-hydrogen) atoms. The first-order chi connectivity index (χ1) is 10.3. The van der Waals surface area contributed by atoms with Crippen molar-refractivity contribution in [2.75, 3.05) is 0 Å². The third-order valence-electron chi connectivity index (χ3n) is 4.41. The van der Waals surface area contributed by atoms with Gasteiger partial charge in [0, 0.05) is 0 Å². The molecule has 0 saturated carbocycles. The lowest BCUT2D eigenvalue weighted by atomic mass is 10.00. The van der Waals surface area contributed by atoms with Crippen LogP contribution in [0.5, 0.6) is 0 Å². The molecule has 0 amide bonds. The van der Waals surface area contributed by atoms with E-state index in [2.05, 4.69) is 26.2 Å². The molecule has 0 spiro atoms. The summed E-state index contributed by atoms with van der Waals surface area (Å²) < 4.78 is 0. The Balaban J connectivity index is 3.36. The molecule has 0 atom stereocenters. The number of allylic oxidation sites excluding steroid dienone is 1. The summed E-state index contributed by atoms with van der Waals surface area (Å²) in [5.74, 6) is 0. The van der Waals surface area contributed by atoms with Gasteiger partial charge in [-0.25, -0.2) is 0 Å². The molecule has 0 aromatic rings. The maximum absolute atomic E-state index is 3.88. The minimum atomic E-state index is 1.24. The zero-order valence-corrected chi connectivity index (χ0v) is 15.0. The number of rotatable bonds is 16. The Bertz CT molecular complexity index is 225. The van der Waals surface area contributed by atoms with Gasteiger partial charge in [0.25, 0.3) is 0 Å². The van der Waals surface area contributed by atoms with Crippen LogP contribution in [0.15, 0.2) is 17.9 Å². The fraction of sp³-hybridized carbons (Fsp3) is 0.857. The van der Waals surface area contributed by atoms with Gasteiger partial charge in [-0.05, 0) is 31.3 Å². The normalized spacial score (nSPS) is 10.6. The average molecular weight is 293 g/mol. The third kappa shape index (κ3) is 15.7. The van der Waals surface area contributed by atoms with Crippen LogP contribution in [0.4, 0.5) is 0 Å². The Kier molecular flexibility index (Phi) is 17.2. The van der Waals surface area contributed by atoms with Crippen LogP contribution in [0.25, 0.3) is 0 Å². The van der Waals surface area contributed by atoms with Crippen LogP contribution in [0, 0.1) is 0 Å². The highest BCUT2D eigenvalue weighted by Gasteiger charge is 1.98. The van der Waals surface area contributed by atoms with E-state index in [0.29, 0.717) is 0 Å². The van der Waals surface area contributed by atoms with Crippen molar-refractivity contribution in [3.63, 3.8) is 0 Å². The number of hydrogen-bond acceptors (Lipinski definition) is 0. The van der Waals surface area contributed by atoms with E-state index in [0.717, 1.165) is 0 Å². The summed E-state index contributed by atoms with van der Waals surface area (Å²) in [6.45, 7) is 8.44. The summed E-state index contributed by atoms with van der Waals surface area (Å²) in [4.78, 5) is 0. The molecule has 0 aliphatic carbocycles. The Labute approximate surface area is 135 Å². The van der Waals surface area contributed by atoms with Crippen molar-refractivity contribution in [3.05, 3.63) is 17.9 Å². The molecule has 124 valence electrons. The molecule has 0 heterocycles. The van der Waals surface area contributed by atoms with E-state index in [1.54, 1.807) is 0 Å². The van der Waals surface area contributed by atoms with Crippen molar-refractivity contribution in [1.82, 2.24) is 0 Å². The van der Waals surface area contributed by atoms with Crippen molar-refractivity contribution in [2.24, 2.45) is 0 Å². The molecule has 0 rings (SSSR count). The zero-order valence-electron chi connectivity index (χ0n) is 15.0. The van der Waals surface area contributed by atoms with E-state index >= 15 is 0 Å². The Morgan fingerprint density at radius 1 is 0.571 bits per heavy atom. The first-order valence-corrected chi connectivity index (χ1v) is 9.72. The van der Waals surface area contributed by atoms with Crippen LogP contribution in [0.1, 0.15) is 117 Å². The second-order valence-corrected chi connectivity index (χ2v) is 6.52. The molecule has 0 fully saturated rings. The molecule has 0 aliphatic heterocycles. The predicted octanol–water partition coefficient (Wildman–Crippen LogP) is 7.98. The quantitative estimate of drug-likeness (QED) is 0.200. The van der Waals surface area contributed by atoms with Crippen molar-refractivity contribution >= 4 is 0 Å². The van der Waals surface area contributed by atoms with Crippen LogP contribution < -0.4 is 0 Å². The summed E-state index contributed by atoms with van der Waals surface area (Å²) in [6, 6.07) is 0. The summed E-state index contributed by atoms with van der Waals surface area (Å²) in [6.07, 6.45) is 22.0. The lowest BCUT2D eigenvalue weighted by Crippen LogP contribution is -1.87. The second-order valence-electron chi connectivity index (χ2n) is 6.52. The van der Waals surface area contributed by atoms with Gasteiger partial charge in [-0.3, -0.25) is 0 Å². The van der Waals surface area contributed by atoms with Gasteiger partial charge in [0.05, 0.1) is 0 Å². The summed E-state index contributed by atoms with van der Waals surface area (Å²) in [7, 11) is 0. The largest absolute Gasteiger partial charge is 0.130 e. The van der Waals surface area contributed by atoms with Crippen molar-refractivity contribution in [1.29, 1.82) is 0 Å². The fourth-order valence-electron chi connectivity index (χ4n) is 2.89. The number of hydrogen-bond donors (Lipinski definition) is 0. The molecule has 0 saturated heterocycles. The van der Waals surface area contributed by atoms with Gasteiger partial charge in [0.15, 0.2) is 0 Å². The summed E-state index contributed by atoms with van der Waals surface area (Å²) in [5, 5.41) is 0. The van der Waals surface area contributed by atoms with Crippen molar-refractivity contribution in [2.45, 2.75) is 117 Å². The summed E-state index contributed by atoms with van der Waals surface area (Å²) in [5.41, 5.74) is 4.67. The molecule has 0 aromatic carbocycles. The van der Waals surface area contributed by atoms with Gasteiger partial charge in [-0.1, -0.05) is 97.5 Å². The molecule has 0 nitrogen and oxygen atoms in total. The lowest BCUT2D eigenvalue weighted by Gasteiger charge is -2.06. The first-order valence-electron chi connectivity index (χ1n) is 9.72. The van der Waals surface area contributed by atoms with Crippen LogP contribution in [0.2, 0.25) is 0 Å². The molecule has 0 radical (unpaired) electrons. The van der Waals surface area contributed by atoms with Gasteiger partial charge in [0.2, 0.25) is 0 Å². The van der Waals surface area contributed by atoms with E-state index in [1.165, 1.54) is 108 Å². The smallest absolute Gasteiger partial charge is 0.0244 e. The van der Waals surface area contributed by atoms with Crippen LogP contribution in [0.3, 0.4) is 0 Å². The lowest BCUT2D eigenvalue weighted by molar-refractivity contribution is 0.571. The van der Waals surface area contributed by atoms with E-state index < -0.39 is 0 Å². The second kappa shape index (κ2) is 17.6. The highest BCUT2D eigenvalue weighted by Crippen LogP contribution is 2.17. The van der Waals surface area contributed by atoms with Crippen molar-refractivity contribution < 1.29 is 0 Å². The fourth-order valence-corrected chi connectivity index (χ4v) is 2.89. The van der Waals surface area contributed by atoms with Crippen LogP contribution in [-0.2, 0) is 0 Å². The van der Waals surface area contributed by atoms with Crippen molar-refractivity contribution in [3.8, 4) is 0 Å². The highest BCUT2D eigenvalue weighted by molar-refractivity contribution is 4.98. The van der Waals surface area contributed by atoms with E-state index in [1.807, 2.05) is 0 Å². The molecular weight excluding hydrogens is 252 g/mol. The topological polar surface area (TPSA) is 0 Å². The van der Waals surface area contributed by atoms with Gasteiger partial charge >= 0.3 is 0 Å². The Hall–Kier alpha value is -0.480. The Morgan fingerprint density at radius 2 is 0.905 bits per heavy atom. The zero-order chi connectivity index (χ0) is 15.6. The molecule has 0 N–H and O–H groups in total. The molecule has 0 heteroatoms. The Morgan fingerprint density at radius 3 is 1.24 bits per heavy atom. The standard InChI is InChI=1S/C21H40/c1-4-7-9-11-13-15-17-19-21(6-3)20-18-16-14-12-10-8-5-2/h3-5,7-20H2,1-2H3. The van der Waals surface area contributed by atoms with Gasteiger partial charge in [-0.2, -0.15) is 0 Å². The monoisotopic (exact) mass is 292 g/mol. The van der Waals surface area contributed by atoms with Gasteiger partial charge in [-0.15, -0.1) is 5.73 Å². The number of unbranched alkanes of at least 4 members (excludes halogenated alkanes) is 12. The SMILES string of the molecule is C=C=C(CCCCCCCCC)CCCCCCCCC. The summed E-state index contributed by atoms with van der Waals surface area (Å²) >= 11 is 0. The molecule has 0 aromatic heterocycles. The van der Waals surface area contributed by atoms with E-state index in [4.69, 9.17) is 0 Å². The average Bonchev–Trinajstić information content (AvgIpc) is 2.51. The third-order valence-corrected chi connectivity index (χ3v) is 4.41. The molecule has 0 unspecified atom stereocenters. The van der Waals surface area contributed by atoms with Crippen LogP contribution >= 0.6 is 0 Å². The van der Waals surface area contributed by atoms with Gasteiger partial charge < -0.3 is 0 Å². The molecule has 0 bridgehead atoms. The molecule has 0 aliphatic rings. The minimum Gasteiger partial charge on any atom is -0.130 e. The first kappa shape index (κ1) is 20.5. The van der Waals surface area contributed by atoms with Crippen LogP contribution in [-0.4, -0.2) is 0 Å².